The number of carbonyl (C=O) groups is 1. The molecular formula is C21H38IN5O2. The topological polar surface area (TPSA) is 80.5 Å². The third-order valence-corrected chi connectivity index (χ3v) is 5.46. The maximum absolute atomic E-state index is 11.9. The molecule has 0 amide bonds. The zero-order valence-electron chi connectivity index (χ0n) is 18.6. The molecule has 1 fully saturated rings. The molecular weight excluding hydrogens is 481 g/mol. The maximum atomic E-state index is 11.9. The summed E-state index contributed by atoms with van der Waals surface area (Å²) in [5.41, 5.74) is 3.64. The number of guanidine groups is 1. The third kappa shape index (κ3) is 7.15. The van der Waals surface area contributed by atoms with Gasteiger partial charge in [-0.1, -0.05) is 13.8 Å². The van der Waals surface area contributed by atoms with Crippen molar-refractivity contribution < 1.29 is 9.53 Å². The Labute approximate surface area is 192 Å². The number of carbonyl (C=O) groups excluding carboxylic acids is 1. The number of halogens is 1. The van der Waals surface area contributed by atoms with E-state index in [1.165, 1.54) is 11.3 Å². The fraction of sp³-hybridized carbons (Fsp3) is 0.762. The van der Waals surface area contributed by atoms with Gasteiger partial charge in [0.05, 0.1) is 24.8 Å². The summed E-state index contributed by atoms with van der Waals surface area (Å²) in [6.45, 7) is 10.2. The molecule has 0 spiro atoms. The van der Waals surface area contributed by atoms with Crippen molar-refractivity contribution in [2.75, 3.05) is 13.2 Å². The summed E-state index contributed by atoms with van der Waals surface area (Å²) in [5.74, 6) is 0.847. The monoisotopic (exact) mass is 519 g/mol. The lowest BCUT2D eigenvalue weighted by atomic mass is 9.86. The van der Waals surface area contributed by atoms with Crippen molar-refractivity contribution in [1.29, 1.82) is 0 Å². The van der Waals surface area contributed by atoms with Crippen LogP contribution in [0.1, 0.15) is 70.3 Å². The highest BCUT2D eigenvalue weighted by Gasteiger charge is 2.27. The van der Waals surface area contributed by atoms with Crippen molar-refractivity contribution in [3.05, 3.63) is 17.0 Å². The van der Waals surface area contributed by atoms with E-state index in [1.807, 2.05) is 18.7 Å². The Kier molecular flexibility index (Phi) is 11.6. The Morgan fingerprint density at radius 2 is 1.86 bits per heavy atom. The molecule has 29 heavy (non-hydrogen) atoms. The molecule has 0 aliphatic heterocycles. The van der Waals surface area contributed by atoms with Crippen LogP contribution in [0.15, 0.2) is 4.99 Å². The summed E-state index contributed by atoms with van der Waals surface area (Å²) in [6, 6.07) is 0.341. The number of aromatic nitrogens is 2. The van der Waals surface area contributed by atoms with Crippen molar-refractivity contribution in [2.24, 2.45) is 18.0 Å². The van der Waals surface area contributed by atoms with Crippen LogP contribution in [0.2, 0.25) is 0 Å². The van der Waals surface area contributed by atoms with Gasteiger partial charge in [-0.25, -0.2) is 4.99 Å². The molecule has 166 valence electrons. The van der Waals surface area contributed by atoms with Crippen LogP contribution < -0.4 is 10.6 Å². The largest absolute Gasteiger partial charge is 0.466 e. The summed E-state index contributed by atoms with van der Waals surface area (Å²) < 4.78 is 7.15. The first kappa shape index (κ1) is 25.7. The van der Waals surface area contributed by atoms with Crippen molar-refractivity contribution in [1.82, 2.24) is 20.4 Å². The Morgan fingerprint density at radius 3 is 2.41 bits per heavy atom. The highest BCUT2D eigenvalue weighted by molar-refractivity contribution is 14.0. The summed E-state index contributed by atoms with van der Waals surface area (Å²) >= 11 is 0. The predicted molar refractivity (Wildman–Crippen MR) is 128 cm³/mol. The lowest BCUT2D eigenvalue weighted by Crippen LogP contribution is -2.45. The summed E-state index contributed by atoms with van der Waals surface area (Å²) in [6.07, 6.45) is 5.54. The Hall–Kier alpha value is -1.32. The van der Waals surface area contributed by atoms with Crippen molar-refractivity contribution >= 4 is 35.9 Å². The van der Waals surface area contributed by atoms with E-state index in [1.54, 1.807) is 0 Å². The van der Waals surface area contributed by atoms with Crippen LogP contribution in [0.4, 0.5) is 0 Å². The van der Waals surface area contributed by atoms with E-state index in [0.717, 1.165) is 56.7 Å². The summed E-state index contributed by atoms with van der Waals surface area (Å²) in [4.78, 5) is 16.8. The second-order valence-corrected chi connectivity index (χ2v) is 7.34. The normalized spacial score (nSPS) is 19.4. The molecule has 0 bridgehead atoms. The molecule has 1 aromatic rings. The molecule has 0 saturated heterocycles. The number of hydrogen-bond donors (Lipinski definition) is 2. The zero-order valence-corrected chi connectivity index (χ0v) is 20.9. The van der Waals surface area contributed by atoms with Gasteiger partial charge in [0, 0.05) is 30.9 Å². The first-order valence-corrected chi connectivity index (χ1v) is 10.8. The van der Waals surface area contributed by atoms with Gasteiger partial charge in [-0.05, 0) is 52.4 Å². The number of aryl methyl sites for hydroxylation is 2. The minimum Gasteiger partial charge on any atom is -0.466 e. The van der Waals surface area contributed by atoms with Crippen LogP contribution >= 0.6 is 24.0 Å². The highest BCUT2D eigenvalue weighted by Crippen LogP contribution is 2.25. The molecule has 1 saturated carbocycles. The predicted octanol–water partition coefficient (Wildman–Crippen LogP) is 3.34. The van der Waals surface area contributed by atoms with Gasteiger partial charge in [0.2, 0.25) is 0 Å². The van der Waals surface area contributed by atoms with Crippen molar-refractivity contribution in [3.63, 3.8) is 0 Å². The molecule has 8 heteroatoms. The highest BCUT2D eigenvalue weighted by atomic mass is 127. The zero-order chi connectivity index (χ0) is 20.5. The van der Waals surface area contributed by atoms with E-state index >= 15 is 0 Å². The number of nitrogens with zero attached hydrogens (tertiary/aromatic N) is 3. The van der Waals surface area contributed by atoms with Crippen LogP contribution in [0.25, 0.3) is 0 Å². The lowest BCUT2D eigenvalue weighted by molar-refractivity contribution is -0.149. The first-order valence-electron chi connectivity index (χ1n) is 10.8. The second kappa shape index (κ2) is 13.1. The number of nitrogens with one attached hydrogen (secondary N) is 2. The first-order chi connectivity index (χ1) is 13.5. The van der Waals surface area contributed by atoms with Gasteiger partial charge in [-0.2, -0.15) is 5.10 Å². The molecule has 1 aliphatic rings. The second-order valence-electron chi connectivity index (χ2n) is 7.34. The van der Waals surface area contributed by atoms with Gasteiger partial charge in [-0.15, -0.1) is 24.0 Å². The van der Waals surface area contributed by atoms with E-state index in [-0.39, 0.29) is 35.9 Å². The van der Waals surface area contributed by atoms with Gasteiger partial charge in [0.25, 0.3) is 0 Å². The lowest BCUT2D eigenvalue weighted by Gasteiger charge is -2.29. The van der Waals surface area contributed by atoms with E-state index in [2.05, 4.69) is 36.5 Å². The van der Waals surface area contributed by atoms with Crippen LogP contribution in [-0.4, -0.2) is 40.9 Å². The quantitative estimate of drug-likeness (QED) is 0.238. The fourth-order valence-electron chi connectivity index (χ4n) is 3.98. The minimum absolute atomic E-state index is 0. The standard InChI is InChI=1S/C21H37N5O2.HI/c1-6-18-17(19(7-2)26(5)25-18)14-23-21(22-8-3)24-16-12-10-15(11-13-16)20(27)28-9-4;/h15-16H,6-14H2,1-5H3,(H2,22,23,24);1H. The number of ether oxygens (including phenoxy) is 1. The van der Waals surface area contributed by atoms with Gasteiger partial charge < -0.3 is 15.4 Å². The third-order valence-electron chi connectivity index (χ3n) is 5.46. The fourth-order valence-corrected chi connectivity index (χ4v) is 3.98. The van der Waals surface area contributed by atoms with Gasteiger partial charge >= 0.3 is 5.97 Å². The molecule has 7 nitrogen and oxygen atoms in total. The molecule has 0 unspecified atom stereocenters. The number of hydrogen-bond acceptors (Lipinski definition) is 4. The smallest absolute Gasteiger partial charge is 0.308 e. The summed E-state index contributed by atoms with van der Waals surface area (Å²) in [5, 5.41) is 11.6. The minimum atomic E-state index is -0.0442. The molecule has 0 aromatic carbocycles. The van der Waals surface area contributed by atoms with E-state index < -0.39 is 0 Å². The number of esters is 1. The van der Waals surface area contributed by atoms with E-state index in [4.69, 9.17) is 9.73 Å². The van der Waals surface area contributed by atoms with Crippen molar-refractivity contribution in [3.8, 4) is 0 Å². The average Bonchev–Trinajstić information content (AvgIpc) is 3.01. The van der Waals surface area contributed by atoms with Crippen LogP contribution in [-0.2, 0) is 36.0 Å². The SMILES string of the molecule is CCNC(=NCc1c(CC)nn(C)c1CC)NC1CCC(C(=O)OCC)CC1.I. The molecule has 1 aliphatic carbocycles. The van der Waals surface area contributed by atoms with Crippen LogP contribution in [0.3, 0.4) is 0 Å². The van der Waals surface area contributed by atoms with Gasteiger partial charge in [-0.3, -0.25) is 9.48 Å². The van der Waals surface area contributed by atoms with Gasteiger partial charge in [0.1, 0.15) is 0 Å². The number of rotatable bonds is 8. The van der Waals surface area contributed by atoms with Crippen LogP contribution in [0, 0.1) is 5.92 Å². The maximum Gasteiger partial charge on any atom is 0.308 e. The summed E-state index contributed by atoms with van der Waals surface area (Å²) in [7, 11) is 2.01. The van der Waals surface area contributed by atoms with E-state index in [0.29, 0.717) is 19.2 Å². The molecule has 1 aromatic heterocycles. The molecule has 0 atom stereocenters. The Bertz CT molecular complexity index is 666. The average molecular weight is 519 g/mol. The van der Waals surface area contributed by atoms with Crippen LogP contribution in [0.5, 0.6) is 0 Å². The van der Waals surface area contributed by atoms with Gasteiger partial charge in [0.15, 0.2) is 5.96 Å². The van der Waals surface area contributed by atoms with E-state index in [9.17, 15) is 4.79 Å². The molecule has 2 rings (SSSR count). The molecule has 1 heterocycles. The number of aliphatic imine (C=N–C) groups is 1. The van der Waals surface area contributed by atoms with Crippen molar-refractivity contribution in [2.45, 2.75) is 78.8 Å². The Balaban J connectivity index is 0.00000420. The molecule has 0 radical (unpaired) electrons. The molecule has 2 N–H and O–H groups in total. The Morgan fingerprint density at radius 1 is 1.17 bits per heavy atom.